The lowest BCUT2D eigenvalue weighted by atomic mass is 9.82. The van der Waals surface area contributed by atoms with Crippen molar-refractivity contribution in [3.63, 3.8) is 0 Å². The molecule has 0 amide bonds. The van der Waals surface area contributed by atoms with Gasteiger partial charge in [-0.3, -0.25) is 0 Å². The molecular formula is C27H40O3Si. The Morgan fingerprint density at radius 3 is 2.06 bits per heavy atom. The Kier molecular flexibility index (Phi) is 8.70. The Hall–Kier alpha value is -1.88. The van der Waals surface area contributed by atoms with Gasteiger partial charge in [-0.25, -0.2) is 0 Å². The zero-order chi connectivity index (χ0) is 23.1. The predicted octanol–water partition coefficient (Wildman–Crippen LogP) is 7.06. The molecule has 0 spiro atoms. The highest BCUT2D eigenvalue weighted by Gasteiger charge is 2.36. The summed E-state index contributed by atoms with van der Waals surface area (Å²) in [5.41, 5.74) is 3.42. The first-order valence-corrected chi connectivity index (χ1v) is 14.0. The molecule has 31 heavy (non-hydrogen) atoms. The second-order valence-electron chi connectivity index (χ2n) is 10.1. The van der Waals surface area contributed by atoms with E-state index in [2.05, 4.69) is 84.1 Å². The summed E-state index contributed by atoms with van der Waals surface area (Å²) in [4.78, 5) is 0. The van der Waals surface area contributed by atoms with Crippen LogP contribution in [0.3, 0.4) is 0 Å². The molecule has 0 unspecified atom stereocenters. The number of rotatable bonds is 10. The summed E-state index contributed by atoms with van der Waals surface area (Å²) in [5, 5.41) is 0.211. The van der Waals surface area contributed by atoms with Crippen molar-refractivity contribution < 1.29 is 13.9 Å². The summed E-state index contributed by atoms with van der Waals surface area (Å²) in [6.45, 7) is 17.5. The van der Waals surface area contributed by atoms with Crippen LogP contribution in [0.1, 0.15) is 44.4 Å². The minimum absolute atomic E-state index is 0.211. The van der Waals surface area contributed by atoms with Gasteiger partial charge >= 0.3 is 0 Å². The van der Waals surface area contributed by atoms with Gasteiger partial charge in [-0.05, 0) is 55.2 Å². The molecule has 0 aliphatic heterocycles. The van der Waals surface area contributed by atoms with E-state index in [9.17, 15) is 0 Å². The maximum absolute atomic E-state index is 6.34. The Morgan fingerprint density at radius 2 is 1.52 bits per heavy atom. The van der Waals surface area contributed by atoms with Crippen LogP contribution < -0.4 is 4.74 Å². The molecule has 0 aliphatic carbocycles. The third-order valence-corrected chi connectivity index (χ3v) is 10.9. The summed E-state index contributed by atoms with van der Waals surface area (Å²) in [6, 6.07) is 16.8. The van der Waals surface area contributed by atoms with E-state index in [4.69, 9.17) is 13.9 Å². The largest absolute Gasteiger partial charge is 0.497 e. The van der Waals surface area contributed by atoms with Gasteiger partial charge < -0.3 is 13.9 Å². The monoisotopic (exact) mass is 440 g/mol. The van der Waals surface area contributed by atoms with Crippen molar-refractivity contribution in [2.75, 3.05) is 20.3 Å². The van der Waals surface area contributed by atoms with Crippen molar-refractivity contribution in [1.29, 1.82) is 0 Å². The molecule has 1 atom stereocenters. The number of hydrogen-bond donors (Lipinski definition) is 0. The lowest BCUT2D eigenvalue weighted by Gasteiger charge is -2.36. The van der Waals surface area contributed by atoms with Crippen LogP contribution in [-0.2, 0) is 21.2 Å². The van der Waals surface area contributed by atoms with Crippen LogP contribution in [0.2, 0.25) is 18.1 Å². The van der Waals surface area contributed by atoms with Gasteiger partial charge in [0.2, 0.25) is 0 Å². The van der Waals surface area contributed by atoms with Gasteiger partial charge in [-0.15, -0.1) is 0 Å². The van der Waals surface area contributed by atoms with Gasteiger partial charge in [0, 0.05) is 5.41 Å². The van der Waals surface area contributed by atoms with Crippen molar-refractivity contribution in [3.05, 3.63) is 77.4 Å². The minimum atomic E-state index is -1.76. The van der Waals surface area contributed by atoms with Crippen LogP contribution in [0, 0.1) is 6.92 Å². The van der Waals surface area contributed by atoms with E-state index in [1.807, 2.05) is 24.3 Å². The fraction of sp³-hybridized carbons (Fsp3) is 0.481. The molecular weight excluding hydrogens is 400 g/mol. The molecule has 170 valence electrons. The molecule has 2 aromatic rings. The number of methoxy groups -OCH3 is 1. The summed E-state index contributed by atoms with van der Waals surface area (Å²) < 4.78 is 17.7. The van der Waals surface area contributed by atoms with Gasteiger partial charge in [-0.2, -0.15) is 0 Å². The lowest BCUT2D eigenvalue weighted by Crippen LogP contribution is -2.40. The van der Waals surface area contributed by atoms with Crippen LogP contribution in [0.15, 0.2) is 60.7 Å². The SMILES string of the molecule is COc1ccc(COC[C@](C)(/C=C/CO[Si](C)(C)C(C)(C)C)c2ccc(C)cc2)cc1. The van der Waals surface area contributed by atoms with Crippen LogP contribution in [-0.4, -0.2) is 28.6 Å². The van der Waals surface area contributed by atoms with Crippen molar-refractivity contribution in [1.82, 2.24) is 0 Å². The maximum Gasteiger partial charge on any atom is 0.192 e. The van der Waals surface area contributed by atoms with Crippen LogP contribution >= 0.6 is 0 Å². The van der Waals surface area contributed by atoms with Gasteiger partial charge in [-0.1, -0.05) is 74.9 Å². The topological polar surface area (TPSA) is 27.7 Å². The summed E-state index contributed by atoms with van der Waals surface area (Å²) >= 11 is 0. The molecule has 0 saturated heterocycles. The van der Waals surface area contributed by atoms with Gasteiger partial charge in [0.15, 0.2) is 8.32 Å². The second kappa shape index (κ2) is 10.6. The minimum Gasteiger partial charge on any atom is -0.497 e. The average Bonchev–Trinajstić information content (AvgIpc) is 2.71. The molecule has 0 aliphatic rings. The van der Waals surface area contributed by atoms with E-state index < -0.39 is 8.32 Å². The third-order valence-electron chi connectivity index (χ3n) is 6.37. The Bertz CT molecular complexity index is 832. The van der Waals surface area contributed by atoms with Gasteiger partial charge in [0.1, 0.15) is 5.75 Å². The number of benzene rings is 2. The molecule has 0 fully saturated rings. The molecule has 2 rings (SSSR count). The molecule has 0 saturated carbocycles. The molecule has 2 aromatic carbocycles. The Labute approximate surface area is 190 Å². The third kappa shape index (κ3) is 7.34. The standard InChI is InChI=1S/C27H40O3Si/c1-22-10-14-24(15-11-22)27(5,18-9-19-30-31(7,8)26(2,3)4)21-29-20-23-12-16-25(28-6)17-13-23/h9-18H,19-21H2,1-8H3/b18-9+/t27-/m0/s1. The van der Waals surface area contributed by atoms with Crippen LogP contribution in [0.25, 0.3) is 0 Å². The summed E-state index contributed by atoms with van der Waals surface area (Å²) in [6.07, 6.45) is 4.41. The van der Waals surface area contributed by atoms with Gasteiger partial charge in [0.05, 0.1) is 26.9 Å². The first-order valence-electron chi connectivity index (χ1n) is 11.1. The molecule has 0 aromatic heterocycles. The average molecular weight is 441 g/mol. The van der Waals surface area contributed by atoms with Crippen molar-refractivity contribution in [3.8, 4) is 5.75 Å². The number of hydrogen-bond acceptors (Lipinski definition) is 3. The molecule has 3 nitrogen and oxygen atoms in total. The van der Waals surface area contributed by atoms with E-state index in [0.717, 1.165) is 11.3 Å². The van der Waals surface area contributed by atoms with Crippen molar-refractivity contribution in [2.45, 2.75) is 64.8 Å². The summed E-state index contributed by atoms with van der Waals surface area (Å²) in [7, 11) is -0.0779. The quantitative estimate of drug-likeness (QED) is 0.292. The van der Waals surface area contributed by atoms with Gasteiger partial charge in [0.25, 0.3) is 0 Å². The molecule has 0 heterocycles. The normalized spacial score (nSPS) is 14.6. The van der Waals surface area contributed by atoms with E-state index in [1.165, 1.54) is 11.1 Å². The van der Waals surface area contributed by atoms with E-state index in [0.29, 0.717) is 19.8 Å². The zero-order valence-electron chi connectivity index (χ0n) is 20.6. The van der Waals surface area contributed by atoms with Crippen LogP contribution in [0.5, 0.6) is 5.75 Å². The van der Waals surface area contributed by atoms with E-state index in [-0.39, 0.29) is 10.5 Å². The van der Waals surface area contributed by atoms with E-state index in [1.54, 1.807) is 7.11 Å². The van der Waals surface area contributed by atoms with Crippen molar-refractivity contribution >= 4 is 8.32 Å². The van der Waals surface area contributed by atoms with Crippen molar-refractivity contribution in [2.24, 2.45) is 0 Å². The fourth-order valence-corrected chi connectivity index (χ4v) is 3.99. The highest BCUT2D eigenvalue weighted by atomic mass is 28.4. The zero-order valence-corrected chi connectivity index (χ0v) is 21.6. The Balaban J connectivity index is 2.08. The molecule has 0 N–H and O–H groups in total. The molecule has 4 heteroatoms. The van der Waals surface area contributed by atoms with Crippen LogP contribution in [0.4, 0.5) is 0 Å². The first-order chi connectivity index (χ1) is 14.5. The predicted molar refractivity (Wildman–Crippen MR) is 133 cm³/mol. The highest BCUT2D eigenvalue weighted by Crippen LogP contribution is 2.36. The van der Waals surface area contributed by atoms with E-state index >= 15 is 0 Å². The second-order valence-corrected chi connectivity index (χ2v) is 14.9. The smallest absolute Gasteiger partial charge is 0.192 e. The molecule has 0 bridgehead atoms. The summed E-state index contributed by atoms with van der Waals surface area (Å²) in [5.74, 6) is 0.859. The lowest BCUT2D eigenvalue weighted by molar-refractivity contribution is 0.0909. The fourth-order valence-electron chi connectivity index (χ4n) is 3.05. The molecule has 0 radical (unpaired) electrons. The first kappa shape index (κ1) is 25.4. The number of aryl methyl sites for hydroxylation is 1. The number of ether oxygens (including phenoxy) is 2. The highest BCUT2D eigenvalue weighted by molar-refractivity contribution is 6.74. The Morgan fingerprint density at radius 1 is 0.903 bits per heavy atom. The maximum atomic E-state index is 6.34.